The van der Waals surface area contributed by atoms with E-state index >= 15 is 0 Å². The lowest BCUT2D eigenvalue weighted by molar-refractivity contribution is -0.133. The zero-order valence-corrected chi connectivity index (χ0v) is 15.5. The lowest BCUT2D eigenvalue weighted by Crippen LogP contribution is -2.39. The van der Waals surface area contributed by atoms with Crippen molar-refractivity contribution in [3.8, 4) is 5.75 Å². The van der Waals surface area contributed by atoms with Crippen molar-refractivity contribution in [2.24, 2.45) is 5.92 Å². The Labute approximate surface area is 154 Å². The summed E-state index contributed by atoms with van der Waals surface area (Å²) in [5, 5.41) is 3.39. The quantitative estimate of drug-likeness (QED) is 0.788. The molecule has 0 bridgehead atoms. The van der Waals surface area contributed by atoms with E-state index in [-0.39, 0.29) is 29.9 Å². The molecule has 1 N–H and O–H groups in total. The minimum absolute atomic E-state index is 0. The standard InChI is InChI=1S/C17H24ClFN2O2.ClH/c1-20-8-4-13-5-9-21(10-6-13)17(22)7-11-23-16-3-2-14(19)12-15(16)18;/h2-3,12-13,20H,4-11H2,1H3;1H. The summed E-state index contributed by atoms with van der Waals surface area (Å²) in [6.45, 7) is 2.93. The van der Waals surface area contributed by atoms with Gasteiger partial charge in [0.1, 0.15) is 11.6 Å². The molecule has 1 saturated heterocycles. The maximum atomic E-state index is 12.9. The van der Waals surface area contributed by atoms with Crippen LogP contribution in [0, 0.1) is 11.7 Å². The lowest BCUT2D eigenvalue weighted by Gasteiger charge is -2.32. The van der Waals surface area contributed by atoms with Gasteiger partial charge in [-0.05, 0) is 57.0 Å². The highest BCUT2D eigenvalue weighted by atomic mass is 35.5. The van der Waals surface area contributed by atoms with Crippen molar-refractivity contribution in [3.63, 3.8) is 0 Å². The summed E-state index contributed by atoms with van der Waals surface area (Å²) < 4.78 is 18.4. The zero-order chi connectivity index (χ0) is 16.7. The fourth-order valence-electron chi connectivity index (χ4n) is 2.82. The van der Waals surface area contributed by atoms with Gasteiger partial charge < -0.3 is 15.0 Å². The predicted molar refractivity (Wildman–Crippen MR) is 96.6 cm³/mol. The molecule has 2 rings (SSSR count). The zero-order valence-electron chi connectivity index (χ0n) is 13.9. The molecule has 0 aliphatic carbocycles. The van der Waals surface area contributed by atoms with Crippen LogP contribution in [0.4, 0.5) is 4.39 Å². The number of amides is 1. The molecule has 1 aromatic carbocycles. The van der Waals surface area contributed by atoms with Gasteiger partial charge in [0.2, 0.25) is 5.91 Å². The average Bonchev–Trinajstić information content (AvgIpc) is 2.55. The first-order valence-electron chi connectivity index (χ1n) is 8.10. The van der Waals surface area contributed by atoms with E-state index in [9.17, 15) is 9.18 Å². The minimum atomic E-state index is -0.403. The number of halogens is 3. The van der Waals surface area contributed by atoms with Gasteiger partial charge in [-0.1, -0.05) is 11.6 Å². The van der Waals surface area contributed by atoms with Crippen LogP contribution in [0.1, 0.15) is 25.7 Å². The molecular weight excluding hydrogens is 354 g/mol. The number of rotatable bonds is 7. The van der Waals surface area contributed by atoms with Crippen LogP contribution in [0.25, 0.3) is 0 Å². The number of nitrogens with one attached hydrogen (secondary N) is 1. The Kier molecular flexibility index (Phi) is 9.41. The van der Waals surface area contributed by atoms with Crippen LogP contribution < -0.4 is 10.1 Å². The third kappa shape index (κ3) is 6.46. The number of likely N-dealkylation sites (tertiary alicyclic amines) is 1. The largest absolute Gasteiger partial charge is 0.491 e. The SMILES string of the molecule is CNCCC1CCN(C(=O)CCOc2ccc(F)cc2Cl)CC1.Cl. The number of carbonyl (C=O) groups is 1. The van der Waals surface area contributed by atoms with Gasteiger partial charge in [0.25, 0.3) is 0 Å². The summed E-state index contributed by atoms with van der Waals surface area (Å²) in [4.78, 5) is 14.1. The Hall–Kier alpha value is -1.04. The fourth-order valence-corrected chi connectivity index (χ4v) is 3.04. The van der Waals surface area contributed by atoms with Crippen LogP contribution in [0.2, 0.25) is 5.02 Å². The highest BCUT2D eigenvalue weighted by molar-refractivity contribution is 6.32. The summed E-state index contributed by atoms with van der Waals surface area (Å²) in [7, 11) is 1.96. The molecule has 4 nitrogen and oxygen atoms in total. The van der Waals surface area contributed by atoms with Crippen LogP contribution >= 0.6 is 24.0 Å². The topological polar surface area (TPSA) is 41.6 Å². The second-order valence-electron chi connectivity index (χ2n) is 5.89. The van der Waals surface area contributed by atoms with Gasteiger partial charge in [-0.25, -0.2) is 4.39 Å². The Balaban J connectivity index is 0.00000288. The van der Waals surface area contributed by atoms with Crippen LogP contribution in [0.15, 0.2) is 18.2 Å². The summed E-state index contributed by atoms with van der Waals surface area (Å²) in [6, 6.07) is 3.98. The molecule has 1 heterocycles. The fraction of sp³-hybridized carbons (Fsp3) is 0.588. The number of hydrogen-bond donors (Lipinski definition) is 1. The van der Waals surface area contributed by atoms with Gasteiger partial charge in [-0.2, -0.15) is 0 Å². The van der Waals surface area contributed by atoms with Gasteiger partial charge >= 0.3 is 0 Å². The summed E-state index contributed by atoms with van der Waals surface area (Å²) in [5.74, 6) is 0.822. The normalized spacial score (nSPS) is 15.0. The highest BCUT2D eigenvalue weighted by Gasteiger charge is 2.22. The second-order valence-corrected chi connectivity index (χ2v) is 6.30. The molecule has 1 fully saturated rings. The first-order valence-corrected chi connectivity index (χ1v) is 8.48. The molecule has 0 unspecified atom stereocenters. The third-order valence-electron chi connectivity index (χ3n) is 4.24. The molecule has 1 amide bonds. The molecule has 1 aliphatic heterocycles. The minimum Gasteiger partial charge on any atom is -0.491 e. The molecule has 0 saturated carbocycles. The van der Waals surface area contributed by atoms with Crippen molar-refractivity contribution in [1.29, 1.82) is 0 Å². The second kappa shape index (κ2) is 10.7. The van der Waals surface area contributed by atoms with Gasteiger partial charge in [0.15, 0.2) is 0 Å². The molecule has 0 radical (unpaired) electrons. The van der Waals surface area contributed by atoms with Crippen LogP contribution in [-0.4, -0.2) is 44.1 Å². The van der Waals surface area contributed by atoms with Crippen molar-refractivity contribution in [1.82, 2.24) is 10.2 Å². The van der Waals surface area contributed by atoms with E-state index in [2.05, 4.69) is 5.32 Å². The van der Waals surface area contributed by atoms with Crippen LogP contribution in [0.5, 0.6) is 5.75 Å². The molecule has 7 heteroatoms. The van der Waals surface area contributed by atoms with Crippen molar-refractivity contribution < 1.29 is 13.9 Å². The van der Waals surface area contributed by atoms with Crippen molar-refractivity contribution >= 4 is 29.9 Å². The van der Waals surface area contributed by atoms with Gasteiger partial charge in [0.05, 0.1) is 18.1 Å². The van der Waals surface area contributed by atoms with E-state index in [0.717, 1.165) is 32.5 Å². The molecule has 1 aromatic rings. The Bertz CT molecular complexity index is 523. The average molecular weight is 379 g/mol. The lowest BCUT2D eigenvalue weighted by atomic mass is 9.93. The van der Waals surface area contributed by atoms with Gasteiger partial charge in [-0.15, -0.1) is 12.4 Å². The highest BCUT2D eigenvalue weighted by Crippen LogP contribution is 2.25. The Morgan fingerprint density at radius 3 is 2.75 bits per heavy atom. The summed E-state index contributed by atoms with van der Waals surface area (Å²) in [5.41, 5.74) is 0. The maximum absolute atomic E-state index is 12.9. The molecule has 0 aromatic heterocycles. The van der Waals surface area contributed by atoms with Crippen molar-refractivity contribution in [2.75, 3.05) is 33.3 Å². The van der Waals surface area contributed by atoms with E-state index in [0.29, 0.717) is 18.1 Å². The van der Waals surface area contributed by atoms with Crippen molar-refractivity contribution in [2.45, 2.75) is 25.7 Å². The van der Waals surface area contributed by atoms with Crippen LogP contribution in [0.3, 0.4) is 0 Å². The van der Waals surface area contributed by atoms with Gasteiger partial charge in [-0.3, -0.25) is 4.79 Å². The smallest absolute Gasteiger partial charge is 0.225 e. The monoisotopic (exact) mass is 378 g/mol. The van der Waals surface area contributed by atoms with E-state index in [4.69, 9.17) is 16.3 Å². The molecule has 24 heavy (non-hydrogen) atoms. The van der Waals surface area contributed by atoms with Gasteiger partial charge in [0, 0.05) is 13.1 Å². The van der Waals surface area contributed by atoms with E-state index in [1.54, 1.807) is 0 Å². The number of carbonyl (C=O) groups excluding carboxylic acids is 1. The summed E-state index contributed by atoms with van der Waals surface area (Å²) in [6.07, 6.45) is 3.62. The van der Waals surface area contributed by atoms with E-state index < -0.39 is 5.82 Å². The molecule has 1 aliphatic rings. The number of piperidine rings is 1. The molecule has 136 valence electrons. The number of ether oxygens (including phenoxy) is 1. The van der Waals surface area contributed by atoms with E-state index in [1.165, 1.54) is 24.6 Å². The van der Waals surface area contributed by atoms with E-state index in [1.807, 2.05) is 11.9 Å². The van der Waals surface area contributed by atoms with Crippen molar-refractivity contribution in [3.05, 3.63) is 29.0 Å². The number of benzene rings is 1. The first kappa shape index (κ1) is 21.0. The maximum Gasteiger partial charge on any atom is 0.225 e. The number of hydrogen-bond acceptors (Lipinski definition) is 3. The Morgan fingerprint density at radius 2 is 2.12 bits per heavy atom. The summed E-state index contributed by atoms with van der Waals surface area (Å²) >= 11 is 5.89. The molecule has 0 spiro atoms. The third-order valence-corrected chi connectivity index (χ3v) is 4.53. The molecule has 0 atom stereocenters. The first-order chi connectivity index (χ1) is 11.1. The Morgan fingerprint density at radius 1 is 1.42 bits per heavy atom. The predicted octanol–water partition coefficient (Wildman–Crippen LogP) is 3.52. The number of nitrogens with zero attached hydrogens (tertiary/aromatic N) is 1. The van der Waals surface area contributed by atoms with Crippen LogP contribution in [-0.2, 0) is 4.79 Å². The molecular formula is C17H25Cl2FN2O2.